The lowest BCUT2D eigenvalue weighted by molar-refractivity contribution is -0.132. The number of halogens is 2. The number of carbonyl (C=O) groups is 1. The van der Waals surface area contributed by atoms with Crippen LogP contribution in [-0.2, 0) is 4.79 Å². The van der Waals surface area contributed by atoms with Gasteiger partial charge in [-0.2, -0.15) is 5.26 Å². The largest absolute Gasteiger partial charge is 0.369 e. The summed E-state index contributed by atoms with van der Waals surface area (Å²) in [5.74, 6) is 0.183. The molecule has 3 saturated heterocycles. The predicted molar refractivity (Wildman–Crippen MR) is 115 cm³/mol. The molecule has 0 aromatic heterocycles. The number of hydrogen-bond donors (Lipinski definition) is 1. The number of nitrogens with one attached hydrogen (secondary N) is 1. The summed E-state index contributed by atoms with van der Waals surface area (Å²) in [6.45, 7) is 5.86. The molecular weight excluding hydrogens is 397 g/mol. The second-order valence-corrected chi connectivity index (χ2v) is 7.62. The smallest absolute Gasteiger partial charge is 0.239 e. The minimum atomic E-state index is -0.553. The molecule has 0 unspecified atom stereocenters. The van der Waals surface area contributed by atoms with Gasteiger partial charge in [0.2, 0.25) is 5.91 Å². The van der Waals surface area contributed by atoms with Crippen LogP contribution in [0.3, 0.4) is 0 Å². The van der Waals surface area contributed by atoms with Crippen LogP contribution in [0.15, 0.2) is 30.3 Å². The molecule has 1 N–H and O–H groups in total. The molecule has 3 aliphatic rings. The predicted octanol–water partition coefficient (Wildman–Crippen LogP) is 1.90. The van der Waals surface area contributed by atoms with Gasteiger partial charge in [-0.15, -0.1) is 24.8 Å². The summed E-state index contributed by atoms with van der Waals surface area (Å²) in [5, 5.41) is 13.3. The Balaban J connectivity index is 0.00000140. The van der Waals surface area contributed by atoms with Gasteiger partial charge < -0.3 is 15.1 Å². The maximum absolute atomic E-state index is 12.7. The molecule has 1 aromatic carbocycles. The number of benzene rings is 1. The highest BCUT2D eigenvalue weighted by molar-refractivity contribution is 5.85. The van der Waals surface area contributed by atoms with Crippen LogP contribution in [0.5, 0.6) is 0 Å². The molecule has 154 valence electrons. The van der Waals surface area contributed by atoms with Crippen LogP contribution in [0, 0.1) is 11.3 Å². The van der Waals surface area contributed by atoms with Gasteiger partial charge in [-0.1, -0.05) is 18.2 Å². The van der Waals surface area contributed by atoms with Crippen molar-refractivity contribution in [2.45, 2.75) is 30.8 Å². The number of nitrogens with zero attached hydrogens (tertiary/aromatic N) is 4. The number of nitriles is 1. The maximum atomic E-state index is 12.7. The van der Waals surface area contributed by atoms with E-state index in [2.05, 4.69) is 45.5 Å². The van der Waals surface area contributed by atoms with Crippen molar-refractivity contribution in [2.24, 2.45) is 0 Å². The van der Waals surface area contributed by atoms with Crippen molar-refractivity contribution >= 4 is 36.4 Å². The highest BCUT2D eigenvalue weighted by atomic mass is 35.5. The van der Waals surface area contributed by atoms with E-state index in [4.69, 9.17) is 0 Å². The molecule has 6 nitrogen and oxygen atoms in total. The zero-order valence-corrected chi connectivity index (χ0v) is 17.7. The van der Waals surface area contributed by atoms with Crippen LogP contribution < -0.4 is 10.2 Å². The molecule has 3 fully saturated rings. The Labute approximate surface area is 179 Å². The molecule has 1 aromatic rings. The molecular formula is C20H29Cl2N5O. The number of anilines is 1. The zero-order valence-electron chi connectivity index (χ0n) is 16.0. The molecule has 28 heavy (non-hydrogen) atoms. The number of para-hydroxylation sites is 1. The van der Waals surface area contributed by atoms with Crippen LogP contribution in [-0.4, -0.2) is 73.1 Å². The van der Waals surface area contributed by atoms with E-state index in [0.29, 0.717) is 13.0 Å². The fourth-order valence-electron chi connectivity index (χ4n) is 4.53. The first-order chi connectivity index (χ1) is 12.7. The Bertz CT molecular complexity index is 684. The van der Waals surface area contributed by atoms with Gasteiger partial charge in [-0.05, 0) is 25.0 Å². The van der Waals surface area contributed by atoms with Crippen molar-refractivity contribution in [3.8, 4) is 6.07 Å². The second-order valence-electron chi connectivity index (χ2n) is 7.62. The van der Waals surface area contributed by atoms with Crippen LogP contribution in [0.25, 0.3) is 0 Å². The number of likely N-dealkylation sites (tertiary alicyclic amines) is 1. The van der Waals surface area contributed by atoms with Crippen LogP contribution in [0.2, 0.25) is 0 Å². The highest BCUT2D eigenvalue weighted by Gasteiger charge is 2.48. The number of rotatable bonds is 3. The summed E-state index contributed by atoms with van der Waals surface area (Å²) in [7, 11) is 0. The van der Waals surface area contributed by atoms with Crippen LogP contribution in [0.1, 0.15) is 19.3 Å². The van der Waals surface area contributed by atoms with E-state index in [0.717, 1.165) is 52.1 Å². The molecule has 3 heterocycles. The normalized spacial score (nSPS) is 27.6. The van der Waals surface area contributed by atoms with Gasteiger partial charge in [0.15, 0.2) is 0 Å². The van der Waals surface area contributed by atoms with Crippen LogP contribution in [0.4, 0.5) is 5.69 Å². The lowest BCUT2D eigenvalue weighted by atomic mass is 9.94. The first-order valence-corrected chi connectivity index (χ1v) is 9.70. The molecule has 3 aliphatic heterocycles. The van der Waals surface area contributed by atoms with Crippen molar-refractivity contribution in [3.63, 3.8) is 0 Å². The lowest BCUT2D eigenvalue weighted by Crippen LogP contribution is -2.57. The fourth-order valence-corrected chi connectivity index (χ4v) is 4.53. The topological polar surface area (TPSA) is 62.6 Å². The van der Waals surface area contributed by atoms with Crippen molar-refractivity contribution in [1.29, 1.82) is 5.26 Å². The minimum absolute atomic E-state index is 0. The van der Waals surface area contributed by atoms with Crippen molar-refractivity contribution in [2.75, 3.05) is 50.7 Å². The van der Waals surface area contributed by atoms with Gasteiger partial charge in [-0.3, -0.25) is 9.69 Å². The number of hydrogen-bond acceptors (Lipinski definition) is 5. The Morgan fingerprint density at radius 3 is 2.29 bits per heavy atom. The van der Waals surface area contributed by atoms with E-state index in [9.17, 15) is 10.1 Å². The number of piperazine rings is 1. The summed E-state index contributed by atoms with van der Waals surface area (Å²) in [6.07, 6.45) is 2.80. The fraction of sp³-hybridized carbons (Fsp3) is 0.600. The summed E-state index contributed by atoms with van der Waals surface area (Å²) in [6, 6.07) is 12.8. The van der Waals surface area contributed by atoms with Crippen molar-refractivity contribution in [3.05, 3.63) is 30.3 Å². The SMILES string of the molecule is Cl.Cl.N#C[C@@]1(N2CCN(c3ccccc3)CC2)CN[C@H](C(=O)N2CCCC2)C1. The average molecular weight is 426 g/mol. The van der Waals surface area contributed by atoms with Crippen molar-refractivity contribution in [1.82, 2.24) is 15.1 Å². The monoisotopic (exact) mass is 425 g/mol. The van der Waals surface area contributed by atoms with E-state index in [1.165, 1.54) is 5.69 Å². The van der Waals surface area contributed by atoms with E-state index < -0.39 is 5.54 Å². The molecule has 4 rings (SSSR count). The van der Waals surface area contributed by atoms with E-state index in [-0.39, 0.29) is 36.8 Å². The second kappa shape index (κ2) is 9.80. The first kappa shape index (κ1) is 22.8. The summed E-state index contributed by atoms with van der Waals surface area (Å²) in [4.78, 5) is 19.3. The lowest BCUT2D eigenvalue weighted by Gasteiger charge is -2.42. The Morgan fingerprint density at radius 2 is 1.68 bits per heavy atom. The average Bonchev–Trinajstić information content (AvgIpc) is 3.39. The number of carbonyl (C=O) groups excluding carboxylic acids is 1. The third-order valence-electron chi connectivity index (χ3n) is 6.11. The number of amides is 1. The molecule has 0 bridgehead atoms. The summed E-state index contributed by atoms with van der Waals surface area (Å²) >= 11 is 0. The highest BCUT2D eigenvalue weighted by Crippen LogP contribution is 2.29. The minimum Gasteiger partial charge on any atom is -0.369 e. The Kier molecular flexibility index (Phi) is 7.97. The van der Waals surface area contributed by atoms with Crippen LogP contribution >= 0.6 is 24.8 Å². The van der Waals surface area contributed by atoms with E-state index in [1.807, 2.05) is 11.0 Å². The molecule has 1 amide bonds. The van der Waals surface area contributed by atoms with Gasteiger partial charge in [0.25, 0.3) is 0 Å². The molecule has 8 heteroatoms. The standard InChI is InChI=1S/C20H27N5O.2ClH/c21-15-20(14-18(22-16-20)19(26)24-8-4-5-9-24)25-12-10-23(11-13-25)17-6-2-1-3-7-17;;/h1-3,6-7,18,22H,4-5,8-14,16H2;2*1H/t18-,20+;;/m0../s1. The molecule has 0 aliphatic carbocycles. The Hall–Kier alpha value is -1.52. The summed E-state index contributed by atoms with van der Waals surface area (Å²) < 4.78 is 0. The van der Waals surface area contributed by atoms with Gasteiger partial charge in [0.1, 0.15) is 5.54 Å². The molecule has 0 saturated carbocycles. The van der Waals surface area contributed by atoms with Gasteiger partial charge in [0, 0.05) is 57.9 Å². The van der Waals surface area contributed by atoms with Gasteiger partial charge >= 0.3 is 0 Å². The maximum Gasteiger partial charge on any atom is 0.239 e. The molecule has 2 atom stereocenters. The summed E-state index contributed by atoms with van der Waals surface area (Å²) in [5.41, 5.74) is 0.688. The first-order valence-electron chi connectivity index (χ1n) is 9.70. The van der Waals surface area contributed by atoms with Crippen molar-refractivity contribution < 1.29 is 4.79 Å². The van der Waals surface area contributed by atoms with E-state index >= 15 is 0 Å². The third kappa shape index (κ3) is 4.38. The Morgan fingerprint density at radius 1 is 1.04 bits per heavy atom. The third-order valence-corrected chi connectivity index (χ3v) is 6.11. The molecule has 0 spiro atoms. The van der Waals surface area contributed by atoms with Gasteiger partial charge in [0.05, 0.1) is 12.1 Å². The van der Waals surface area contributed by atoms with E-state index in [1.54, 1.807) is 0 Å². The van der Waals surface area contributed by atoms with Gasteiger partial charge in [-0.25, -0.2) is 0 Å². The molecule has 0 radical (unpaired) electrons. The zero-order chi connectivity index (χ0) is 18.0. The quantitative estimate of drug-likeness (QED) is 0.800.